The summed E-state index contributed by atoms with van der Waals surface area (Å²) in [6, 6.07) is 0. The molecule has 0 saturated heterocycles. The smallest absolute Gasteiger partial charge is 0.120 e. The minimum atomic E-state index is 0.536. The molecule has 0 radical (unpaired) electrons. The molecule has 1 aliphatic heterocycles. The summed E-state index contributed by atoms with van der Waals surface area (Å²) in [5.41, 5.74) is 7.99. The molecule has 0 aromatic carbocycles. The maximum absolute atomic E-state index is 5.79. The summed E-state index contributed by atoms with van der Waals surface area (Å²) >= 11 is 0. The molecule has 0 aromatic rings. The Kier molecular flexibility index (Phi) is 12.8. The zero-order valence-electron chi connectivity index (χ0n) is 21.7. The Balaban J connectivity index is 3.38. The summed E-state index contributed by atoms with van der Waals surface area (Å²) in [5, 5.41) is 0. The average Bonchev–Trinajstić information content (AvgIpc) is 2.82. The quantitative estimate of drug-likeness (QED) is 0.349. The second-order valence-electron chi connectivity index (χ2n) is 8.26. The minimum Gasteiger partial charge on any atom is -0.459 e. The van der Waals surface area contributed by atoms with E-state index in [9.17, 15) is 0 Å². The molecular weight excluding hydrogens is 412 g/mol. The van der Waals surface area contributed by atoms with E-state index in [4.69, 9.17) is 4.74 Å². The lowest BCUT2D eigenvalue weighted by molar-refractivity contribution is 0.340. The number of ether oxygens (including phenoxy) is 1. The van der Waals surface area contributed by atoms with Crippen molar-refractivity contribution in [3.05, 3.63) is 156 Å². The Bertz CT molecular complexity index is 1070. The van der Waals surface area contributed by atoms with Gasteiger partial charge in [-0.05, 0) is 98.6 Å². The lowest BCUT2D eigenvalue weighted by Crippen LogP contribution is -1.96. The van der Waals surface area contributed by atoms with Gasteiger partial charge in [-0.3, -0.25) is 0 Å². The van der Waals surface area contributed by atoms with Crippen LogP contribution in [0.5, 0.6) is 0 Å². The molecule has 0 aliphatic carbocycles. The van der Waals surface area contributed by atoms with Crippen LogP contribution in [0.4, 0.5) is 0 Å². The van der Waals surface area contributed by atoms with Crippen molar-refractivity contribution in [3.63, 3.8) is 0 Å². The molecule has 0 bridgehead atoms. The number of rotatable bonds is 7. The Morgan fingerprint density at radius 2 is 1.38 bits per heavy atom. The molecular formula is C33H40O. The van der Waals surface area contributed by atoms with Gasteiger partial charge in [-0.1, -0.05) is 93.2 Å². The standard InChI is InChI=1S/C33H40O/c1-10-25(3)31(9)27(5)20-18-19-21-28(6)33(26(4)11-2)32-23-17-15-13-12-14-16-22-29(7)34-30(8)24-32/h10-12,14,16-24H,1-2,7-8,13,15H2,3-6,9H3/b14-12-,19-18-,22-16-,23-17?,27-20+,28-21+,31-25+,32-24+,33-26-. The van der Waals surface area contributed by atoms with E-state index in [1.807, 2.05) is 36.5 Å². The van der Waals surface area contributed by atoms with E-state index in [1.165, 1.54) is 16.7 Å². The summed E-state index contributed by atoms with van der Waals surface area (Å²) < 4.78 is 5.79. The molecule has 1 nitrogen and oxygen atoms in total. The van der Waals surface area contributed by atoms with Gasteiger partial charge in [-0.2, -0.15) is 0 Å². The Morgan fingerprint density at radius 3 is 2.03 bits per heavy atom. The van der Waals surface area contributed by atoms with Crippen LogP contribution in [-0.2, 0) is 4.74 Å². The summed E-state index contributed by atoms with van der Waals surface area (Å²) in [5.74, 6) is 1.08. The molecule has 0 atom stereocenters. The molecule has 0 aromatic heterocycles. The zero-order chi connectivity index (χ0) is 25.5. The first-order valence-electron chi connectivity index (χ1n) is 11.6. The topological polar surface area (TPSA) is 9.23 Å². The molecule has 0 N–H and O–H groups in total. The predicted octanol–water partition coefficient (Wildman–Crippen LogP) is 9.89. The largest absolute Gasteiger partial charge is 0.459 e. The highest BCUT2D eigenvalue weighted by atomic mass is 16.5. The first-order chi connectivity index (χ1) is 16.2. The Hall–Kier alpha value is -3.58. The number of hydrogen-bond acceptors (Lipinski definition) is 1. The van der Waals surface area contributed by atoms with Crippen LogP contribution < -0.4 is 0 Å². The molecule has 0 spiro atoms. The van der Waals surface area contributed by atoms with Crippen molar-refractivity contribution in [1.29, 1.82) is 0 Å². The number of allylic oxidation sites excluding steroid dienone is 20. The van der Waals surface area contributed by atoms with Crippen LogP contribution in [0.1, 0.15) is 47.5 Å². The van der Waals surface area contributed by atoms with Gasteiger partial charge in [-0.25, -0.2) is 0 Å². The molecule has 1 heterocycles. The van der Waals surface area contributed by atoms with E-state index in [1.54, 1.807) is 0 Å². The molecule has 0 saturated carbocycles. The van der Waals surface area contributed by atoms with Crippen LogP contribution in [0.25, 0.3) is 0 Å². The van der Waals surface area contributed by atoms with Crippen molar-refractivity contribution < 1.29 is 4.74 Å². The Labute approximate surface area is 208 Å². The lowest BCUT2D eigenvalue weighted by atomic mass is 9.92. The highest BCUT2D eigenvalue weighted by Gasteiger charge is 2.09. The van der Waals surface area contributed by atoms with Crippen LogP contribution in [0, 0.1) is 0 Å². The zero-order valence-corrected chi connectivity index (χ0v) is 21.7. The third kappa shape index (κ3) is 9.92. The van der Waals surface area contributed by atoms with Gasteiger partial charge in [0, 0.05) is 0 Å². The summed E-state index contributed by atoms with van der Waals surface area (Å²) in [6.45, 7) is 26.4. The maximum Gasteiger partial charge on any atom is 0.120 e. The van der Waals surface area contributed by atoms with Crippen molar-refractivity contribution >= 4 is 0 Å². The van der Waals surface area contributed by atoms with Gasteiger partial charge in [-0.15, -0.1) is 0 Å². The van der Waals surface area contributed by atoms with Crippen LogP contribution >= 0.6 is 0 Å². The van der Waals surface area contributed by atoms with E-state index in [-0.39, 0.29) is 0 Å². The fourth-order valence-electron chi connectivity index (χ4n) is 3.29. The summed E-state index contributed by atoms with van der Waals surface area (Å²) in [4.78, 5) is 0. The van der Waals surface area contributed by atoms with Gasteiger partial charge in [0.1, 0.15) is 11.5 Å². The Morgan fingerprint density at radius 1 is 0.765 bits per heavy atom. The van der Waals surface area contributed by atoms with Crippen LogP contribution in [0.2, 0.25) is 0 Å². The van der Waals surface area contributed by atoms with Crippen molar-refractivity contribution in [3.8, 4) is 0 Å². The molecule has 0 unspecified atom stereocenters. The fourth-order valence-corrected chi connectivity index (χ4v) is 3.29. The predicted molar refractivity (Wildman–Crippen MR) is 152 cm³/mol. The molecule has 34 heavy (non-hydrogen) atoms. The van der Waals surface area contributed by atoms with E-state index in [2.05, 4.69) is 103 Å². The molecule has 0 amide bonds. The fraction of sp³-hybridized carbons (Fsp3) is 0.212. The molecule has 1 heteroatoms. The van der Waals surface area contributed by atoms with E-state index in [0.29, 0.717) is 11.5 Å². The van der Waals surface area contributed by atoms with Gasteiger partial charge < -0.3 is 4.74 Å². The van der Waals surface area contributed by atoms with Crippen molar-refractivity contribution in [1.82, 2.24) is 0 Å². The highest BCUT2D eigenvalue weighted by Crippen LogP contribution is 2.27. The molecule has 0 fully saturated rings. The highest BCUT2D eigenvalue weighted by molar-refractivity contribution is 5.57. The minimum absolute atomic E-state index is 0.536. The van der Waals surface area contributed by atoms with Gasteiger partial charge in [0.2, 0.25) is 0 Å². The van der Waals surface area contributed by atoms with E-state index < -0.39 is 0 Å². The van der Waals surface area contributed by atoms with Gasteiger partial charge in [0.25, 0.3) is 0 Å². The average molecular weight is 453 g/mol. The van der Waals surface area contributed by atoms with Crippen LogP contribution in [-0.4, -0.2) is 0 Å². The van der Waals surface area contributed by atoms with E-state index >= 15 is 0 Å². The SMILES string of the molecule is C=C/C(C)=C(C(/C)=C/C=C\C=C(C)\C(C)=C(/C)C=C)\C1=C\C(=C)OC(=C)/C=C\C=C/CCC=C1. The van der Waals surface area contributed by atoms with Crippen molar-refractivity contribution in [2.24, 2.45) is 0 Å². The molecule has 1 aliphatic rings. The molecule has 178 valence electrons. The monoisotopic (exact) mass is 452 g/mol. The van der Waals surface area contributed by atoms with Crippen molar-refractivity contribution in [2.75, 3.05) is 0 Å². The summed E-state index contributed by atoms with van der Waals surface area (Å²) in [6.07, 6.45) is 28.3. The van der Waals surface area contributed by atoms with Crippen molar-refractivity contribution in [2.45, 2.75) is 47.5 Å². The summed E-state index contributed by atoms with van der Waals surface area (Å²) in [7, 11) is 0. The maximum atomic E-state index is 5.79. The van der Waals surface area contributed by atoms with Gasteiger partial charge in [0.05, 0.1) is 0 Å². The third-order valence-corrected chi connectivity index (χ3v) is 5.58. The lowest BCUT2D eigenvalue weighted by Gasteiger charge is -2.14. The van der Waals surface area contributed by atoms with Crippen LogP contribution in [0.3, 0.4) is 0 Å². The normalized spacial score (nSPS) is 21.1. The second kappa shape index (κ2) is 15.3. The second-order valence-corrected chi connectivity index (χ2v) is 8.26. The first kappa shape index (κ1) is 28.5. The number of hydrogen-bond donors (Lipinski definition) is 0. The first-order valence-corrected chi connectivity index (χ1v) is 11.6. The van der Waals surface area contributed by atoms with Gasteiger partial charge in [0.15, 0.2) is 0 Å². The van der Waals surface area contributed by atoms with Crippen LogP contribution in [0.15, 0.2) is 156 Å². The third-order valence-electron chi connectivity index (χ3n) is 5.58. The van der Waals surface area contributed by atoms with E-state index in [0.717, 1.165) is 35.1 Å². The molecule has 1 rings (SSSR count). The van der Waals surface area contributed by atoms with Gasteiger partial charge >= 0.3 is 0 Å².